The molecule has 0 saturated carbocycles. The van der Waals surface area contributed by atoms with Crippen LogP contribution in [0, 0.1) is 11.3 Å². The van der Waals surface area contributed by atoms with Crippen LogP contribution in [-0.2, 0) is 11.5 Å². The number of hydrogen-bond acceptors (Lipinski definition) is 4. The fourth-order valence-corrected chi connectivity index (χ4v) is 0.770. The van der Waals surface area contributed by atoms with Crippen LogP contribution >= 0.6 is 0 Å². The number of rotatable bonds is 3. The third kappa shape index (κ3) is 1.54. The number of hydrogen-bond donors (Lipinski definition) is 1. The van der Waals surface area contributed by atoms with E-state index in [1.54, 1.807) is 4.57 Å². The highest BCUT2D eigenvalue weighted by Crippen LogP contribution is 2.07. The molecule has 0 fully saturated rings. The molecule has 1 heterocycles. The summed E-state index contributed by atoms with van der Waals surface area (Å²) in [5.41, 5.74) is 5.80. The van der Waals surface area contributed by atoms with Crippen molar-refractivity contribution in [2.45, 2.75) is 13.7 Å². The molecule has 1 aromatic heterocycles. The first-order valence-corrected chi connectivity index (χ1v) is 3.58. The van der Waals surface area contributed by atoms with E-state index < -0.39 is 0 Å². The molecule has 12 heavy (non-hydrogen) atoms. The van der Waals surface area contributed by atoms with Gasteiger partial charge in [0.2, 0.25) is 0 Å². The maximum Gasteiger partial charge on any atom is 0.182 e. The van der Waals surface area contributed by atoms with Crippen LogP contribution in [0.5, 0.6) is 0 Å². The average Bonchev–Trinajstić information content (AvgIpc) is 2.43. The zero-order chi connectivity index (χ0) is 8.97. The van der Waals surface area contributed by atoms with Crippen LogP contribution < -0.4 is 5.73 Å². The van der Waals surface area contributed by atoms with Crippen molar-refractivity contribution < 1.29 is 4.74 Å². The summed E-state index contributed by atoms with van der Waals surface area (Å²) in [6.45, 7) is 2.84. The average molecular weight is 166 g/mol. The molecular weight excluding hydrogens is 156 g/mol. The normalized spacial score (nSPS) is 9.67. The smallest absolute Gasteiger partial charge is 0.182 e. The monoisotopic (exact) mass is 166 g/mol. The Morgan fingerprint density at radius 1 is 1.83 bits per heavy atom. The zero-order valence-electron chi connectivity index (χ0n) is 6.82. The minimum absolute atomic E-state index is 0.245. The number of ether oxygens (including phenoxy) is 1. The second-order valence-electron chi connectivity index (χ2n) is 2.18. The van der Waals surface area contributed by atoms with Crippen molar-refractivity contribution in [2.24, 2.45) is 0 Å². The summed E-state index contributed by atoms with van der Waals surface area (Å²) >= 11 is 0. The molecule has 0 atom stereocenters. The van der Waals surface area contributed by atoms with Gasteiger partial charge in [-0.3, -0.25) is 4.57 Å². The van der Waals surface area contributed by atoms with E-state index in [0.717, 1.165) is 0 Å². The summed E-state index contributed by atoms with van der Waals surface area (Å²) in [5, 5.41) is 8.51. The number of nitriles is 1. The highest BCUT2D eigenvalue weighted by Gasteiger charge is 2.04. The molecule has 5 heteroatoms. The first-order valence-electron chi connectivity index (χ1n) is 3.58. The van der Waals surface area contributed by atoms with Gasteiger partial charge in [0.05, 0.1) is 6.33 Å². The van der Waals surface area contributed by atoms with Gasteiger partial charge in [-0.05, 0) is 6.92 Å². The summed E-state index contributed by atoms with van der Waals surface area (Å²) in [6, 6.07) is 1.88. The van der Waals surface area contributed by atoms with Gasteiger partial charge < -0.3 is 10.5 Å². The number of nitrogens with zero attached hydrogens (tertiary/aromatic N) is 3. The highest BCUT2D eigenvalue weighted by atomic mass is 16.5. The largest absolute Gasteiger partial charge is 0.383 e. The minimum Gasteiger partial charge on any atom is -0.383 e. The van der Waals surface area contributed by atoms with Crippen LogP contribution in [0.1, 0.15) is 12.6 Å². The van der Waals surface area contributed by atoms with Crippen LogP contribution in [0.15, 0.2) is 6.33 Å². The minimum atomic E-state index is 0.245. The fourth-order valence-electron chi connectivity index (χ4n) is 0.770. The second kappa shape index (κ2) is 3.74. The Balaban J connectivity index is 2.75. The number of aromatic nitrogens is 2. The zero-order valence-corrected chi connectivity index (χ0v) is 6.82. The van der Waals surface area contributed by atoms with Crippen molar-refractivity contribution in [3.05, 3.63) is 12.0 Å². The highest BCUT2D eigenvalue weighted by molar-refractivity contribution is 5.43. The third-order valence-corrected chi connectivity index (χ3v) is 1.42. The quantitative estimate of drug-likeness (QED) is 0.702. The number of nitrogens with two attached hydrogens (primary N) is 1. The van der Waals surface area contributed by atoms with Gasteiger partial charge in [-0.1, -0.05) is 0 Å². The maximum atomic E-state index is 8.51. The van der Waals surface area contributed by atoms with Gasteiger partial charge in [-0.25, -0.2) is 4.98 Å². The van der Waals surface area contributed by atoms with E-state index in [2.05, 4.69) is 4.98 Å². The fraction of sp³-hybridized carbons (Fsp3) is 0.429. The lowest BCUT2D eigenvalue weighted by molar-refractivity contribution is 0.0891. The first kappa shape index (κ1) is 8.56. The Morgan fingerprint density at radius 2 is 2.58 bits per heavy atom. The van der Waals surface area contributed by atoms with Crippen molar-refractivity contribution in [3.8, 4) is 6.07 Å². The SMILES string of the molecule is CCOCn1cnc(C#N)c1N. The van der Waals surface area contributed by atoms with Crippen molar-refractivity contribution in [2.75, 3.05) is 12.3 Å². The molecule has 1 aromatic rings. The van der Waals surface area contributed by atoms with Gasteiger partial charge in [-0.15, -0.1) is 0 Å². The molecule has 0 unspecified atom stereocenters. The van der Waals surface area contributed by atoms with Crippen molar-refractivity contribution >= 4 is 5.82 Å². The number of imidazole rings is 1. The molecule has 2 N–H and O–H groups in total. The Kier molecular flexibility index (Phi) is 2.66. The third-order valence-electron chi connectivity index (χ3n) is 1.42. The van der Waals surface area contributed by atoms with E-state index in [1.165, 1.54) is 6.33 Å². The van der Waals surface area contributed by atoms with Gasteiger partial charge in [0.1, 0.15) is 18.6 Å². The van der Waals surface area contributed by atoms with E-state index in [4.69, 9.17) is 15.7 Å². The Morgan fingerprint density at radius 3 is 3.08 bits per heavy atom. The van der Waals surface area contributed by atoms with E-state index in [9.17, 15) is 0 Å². The van der Waals surface area contributed by atoms with Crippen LogP contribution in [0.25, 0.3) is 0 Å². The van der Waals surface area contributed by atoms with E-state index in [0.29, 0.717) is 19.2 Å². The van der Waals surface area contributed by atoms with Gasteiger partial charge in [0.15, 0.2) is 5.69 Å². The summed E-state index contributed by atoms with van der Waals surface area (Å²) in [4.78, 5) is 3.78. The van der Waals surface area contributed by atoms with E-state index >= 15 is 0 Å². The lowest BCUT2D eigenvalue weighted by Crippen LogP contribution is -2.05. The van der Waals surface area contributed by atoms with Crippen LogP contribution in [0.4, 0.5) is 5.82 Å². The predicted molar refractivity (Wildman–Crippen MR) is 43.0 cm³/mol. The molecule has 0 amide bonds. The molecule has 64 valence electrons. The number of anilines is 1. The molecule has 0 bridgehead atoms. The van der Waals surface area contributed by atoms with E-state index in [-0.39, 0.29) is 5.69 Å². The van der Waals surface area contributed by atoms with Gasteiger partial charge in [0, 0.05) is 6.61 Å². The standard InChI is InChI=1S/C7H10N4O/c1-2-12-5-11-4-10-6(3-8)7(11)9/h4H,2,5,9H2,1H3. The van der Waals surface area contributed by atoms with Crippen molar-refractivity contribution in [1.29, 1.82) is 5.26 Å². The number of nitrogen functional groups attached to an aromatic ring is 1. The van der Waals surface area contributed by atoms with Crippen LogP contribution in [-0.4, -0.2) is 16.2 Å². The molecule has 0 aliphatic carbocycles. The maximum absolute atomic E-state index is 8.51. The van der Waals surface area contributed by atoms with E-state index in [1.807, 2.05) is 13.0 Å². The Hall–Kier alpha value is -1.54. The van der Waals surface area contributed by atoms with Crippen molar-refractivity contribution in [3.63, 3.8) is 0 Å². The molecule has 0 radical (unpaired) electrons. The summed E-state index contributed by atoms with van der Waals surface area (Å²) in [5.74, 6) is 0.353. The molecule has 0 aliphatic heterocycles. The van der Waals surface area contributed by atoms with Crippen molar-refractivity contribution in [1.82, 2.24) is 9.55 Å². The summed E-state index contributed by atoms with van der Waals surface area (Å²) in [6.07, 6.45) is 1.49. The Bertz CT molecular complexity index is 299. The molecular formula is C7H10N4O. The predicted octanol–water partition coefficient (Wildman–Crippen LogP) is 0.331. The van der Waals surface area contributed by atoms with Crippen LogP contribution in [0.2, 0.25) is 0 Å². The molecule has 0 aromatic carbocycles. The molecule has 5 nitrogen and oxygen atoms in total. The first-order chi connectivity index (χ1) is 5.79. The van der Waals surface area contributed by atoms with Gasteiger partial charge in [-0.2, -0.15) is 5.26 Å². The molecule has 0 aliphatic rings. The van der Waals surface area contributed by atoms with Crippen LogP contribution in [0.3, 0.4) is 0 Å². The Labute approximate surface area is 70.4 Å². The van der Waals surface area contributed by atoms with Gasteiger partial charge >= 0.3 is 0 Å². The molecule has 0 saturated heterocycles. The second-order valence-corrected chi connectivity index (χ2v) is 2.18. The summed E-state index contributed by atoms with van der Waals surface area (Å²) < 4.78 is 6.68. The topological polar surface area (TPSA) is 76.9 Å². The lowest BCUT2D eigenvalue weighted by atomic mass is 10.5. The molecule has 1 rings (SSSR count). The van der Waals surface area contributed by atoms with Gasteiger partial charge in [0.25, 0.3) is 0 Å². The summed E-state index contributed by atoms with van der Waals surface area (Å²) in [7, 11) is 0. The molecule has 0 spiro atoms. The lowest BCUT2D eigenvalue weighted by Gasteiger charge is -2.03.